The van der Waals surface area contributed by atoms with Crippen molar-refractivity contribution in [2.24, 2.45) is 7.05 Å². The number of nitrogens with zero attached hydrogens (tertiary/aromatic N) is 5. The van der Waals surface area contributed by atoms with Gasteiger partial charge in [-0.05, 0) is 12.8 Å². The second-order valence-corrected chi connectivity index (χ2v) is 8.04. The molecule has 0 bridgehead atoms. The van der Waals surface area contributed by atoms with E-state index in [0.717, 1.165) is 48.6 Å². The van der Waals surface area contributed by atoms with Gasteiger partial charge in [0.2, 0.25) is 5.82 Å². The van der Waals surface area contributed by atoms with Crippen LogP contribution in [0, 0.1) is 0 Å². The van der Waals surface area contributed by atoms with E-state index in [1.54, 1.807) is 4.68 Å². The quantitative estimate of drug-likeness (QED) is 0.902. The molecule has 0 spiro atoms. The summed E-state index contributed by atoms with van der Waals surface area (Å²) in [5, 5.41) is 8.45. The minimum atomic E-state index is -0.174. The van der Waals surface area contributed by atoms with E-state index in [-0.39, 0.29) is 17.8 Å². The van der Waals surface area contributed by atoms with E-state index in [2.05, 4.69) is 25.3 Å². The number of hydrogen-bond donors (Lipinski definition) is 1. The molecular weight excluding hydrogens is 336 g/mol. The molecule has 1 N–H and O–H groups in total. The van der Waals surface area contributed by atoms with E-state index in [0.29, 0.717) is 5.65 Å². The molecule has 0 radical (unpaired) electrons. The van der Waals surface area contributed by atoms with Gasteiger partial charge in [0.15, 0.2) is 5.65 Å². The Kier molecular flexibility index (Phi) is 4.78. The fourth-order valence-electron chi connectivity index (χ4n) is 3.62. The van der Waals surface area contributed by atoms with Crippen molar-refractivity contribution in [3.8, 4) is 0 Å². The van der Waals surface area contributed by atoms with Gasteiger partial charge in [-0.1, -0.05) is 19.3 Å². The van der Waals surface area contributed by atoms with Crippen LogP contribution >= 0.6 is 11.8 Å². The Morgan fingerprint density at radius 1 is 1.20 bits per heavy atom. The van der Waals surface area contributed by atoms with Crippen LogP contribution in [0.15, 0.2) is 6.20 Å². The van der Waals surface area contributed by atoms with Gasteiger partial charge in [-0.2, -0.15) is 16.9 Å². The van der Waals surface area contributed by atoms with Gasteiger partial charge < -0.3 is 10.2 Å². The highest BCUT2D eigenvalue weighted by Gasteiger charge is 2.23. The average molecular weight is 360 g/mol. The van der Waals surface area contributed by atoms with Crippen LogP contribution < -0.4 is 10.2 Å². The zero-order chi connectivity index (χ0) is 17.2. The first-order chi connectivity index (χ1) is 12.2. The standard InChI is InChI=1S/C17H24N6OS/c1-22-11-13-14(21-22)19-15(17(24)18-12-5-3-2-4-6-12)20-16(13)23-7-9-25-10-8-23/h11-12H,2-10H2,1H3,(H,18,24). The number of thioether (sulfide) groups is 1. The molecule has 1 saturated heterocycles. The van der Waals surface area contributed by atoms with Crippen LogP contribution in [0.25, 0.3) is 11.0 Å². The maximum atomic E-state index is 12.7. The lowest BCUT2D eigenvalue weighted by Gasteiger charge is -2.28. The zero-order valence-corrected chi connectivity index (χ0v) is 15.4. The van der Waals surface area contributed by atoms with Crippen molar-refractivity contribution in [3.05, 3.63) is 12.0 Å². The van der Waals surface area contributed by atoms with Gasteiger partial charge in [-0.15, -0.1) is 0 Å². The van der Waals surface area contributed by atoms with E-state index < -0.39 is 0 Å². The first-order valence-corrected chi connectivity index (χ1v) is 10.2. The Hall–Kier alpha value is -1.83. The second-order valence-electron chi connectivity index (χ2n) is 6.82. The SMILES string of the molecule is Cn1cc2c(N3CCSCC3)nc(C(=O)NC3CCCCC3)nc2n1. The van der Waals surface area contributed by atoms with Gasteiger partial charge in [-0.3, -0.25) is 9.48 Å². The molecule has 25 heavy (non-hydrogen) atoms. The Balaban J connectivity index is 1.65. The first-order valence-electron chi connectivity index (χ1n) is 9.05. The lowest BCUT2D eigenvalue weighted by molar-refractivity contribution is 0.0917. The molecule has 2 aliphatic rings. The zero-order valence-electron chi connectivity index (χ0n) is 14.6. The van der Waals surface area contributed by atoms with Crippen molar-refractivity contribution in [1.82, 2.24) is 25.1 Å². The third-order valence-corrected chi connectivity index (χ3v) is 5.87. The highest BCUT2D eigenvalue weighted by Crippen LogP contribution is 2.26. The number of carbonyl (C=O) groups is 1. The minimum absolute atomic E-state index is 0.174. The number of aromatic nitrogens is 4. The van der Waals surface area contributed by atoms with E-state index in [4.69, 9.17) is 0 Å². The summed E-state index contributed by atoms with van der Waals surface area (Å²) >= 11 is 1.95. The van der Waals surface area contributed by atoms with Crippen LogP contribution in [0.5, 0.6) is 0 Å². The molecule has 1 amide bonds. The number of anilines is 1. The van der Waals surface area contributed by atoms with Gasteiger partial charge in [0.25, 0.3) is 5.91 Å². The summed E-state index contributed by atoms with van der Waals surface area (Å²) in [5.41, 5.74) is 0.597. The van der Waals surface area contributed by atoms with Gasteiger partial charge in [0.1, 0.15) is 5.82 Å². The fraction of sp³-hybridized carbons (Fsp3) is 0.647. The largest absolute Gasteiger partial charge is 0.354 e. The molecule has 2 aromatic rings. The Bertz CT molecular complexity index is 764. The molecule has 1 aliphatic heterocycles. The van der Waals surface area contributed by atoms with Crippen molar-refractivity contribution in [3.63, 3.8) is 0 Å². The fourth-order valence-corrected chi connectivity index (χ4v) is 4.52. The predicted molar refractivity (Wildman–Crippen MR) is 100 cm³/mol. The lowest BCUT2D eigenvalue weighted by Crippen LogP contribution is -2.38. The molecule has 3 heterocycles. The molecule has 7 nitrogen and oxygen atoms in total. The third-order valence-electron chi connectivity index (χ3n) is 4.93. The number of nitrogens with one attached hydrogen (secondary N) is 1. The molecule has 1 aliphatic carbocycles. The summed E-state index contributed by atoms with van der Waals surface area (Å²) in [7, 11) is 1.87. The van der Waals surface area contributed by atoms with Gasteiger partial charge in [0, 0.05) is 43.9 Å². The van der Waals surface area contributed by atoms with Crippen molar-refractivity contribution in [1.29, 1.82) is 0 Å². The van der Waals surface area contributed by atoms with E-state index in [1.165, 1.54) is 19.3 Å². The van der Waals surface area contributed by atoms with Crippen molar-refractivity contribution in [2.45, 2.75) is 38.1 Å². The number of fused-ring (bicyclic) bond motifs is 1. The number of amides is 1. The van der Waals surface area contributed by atoms with Crippen LogP contribution in [0.3, 0.4) is 0 Å². The molecule has 0 atom stereocenters. The molecule has 2 aromatic heterocycles. The van der Waals surface area contributed by atoms with Crippen LogP contribution in [0.2, 0.25) is 0 Å². The van der Waals surface area contributed by atoms with Crippen molar-refractivity contribution in [2.75, 3.05) is 29.5 Å². The topological polar surface area (TPSA) is 75.9 Å². The molecule has 8 heteroatoms. The minimum Gasteiger partial charge on any atom is -0.354 e. The molecule has 4 rings (SSSR count). The summed E-state index contributed by atoms with van der Waals surface area (Å²) in [6.07, 6.45) is 7.67. The lowest BCUT2D eigenvalue weighted by atomic mass is 9.95. The van der Waals surface area contributed by atoms with E-state index >= 15 is 0 Å². The number of hydrogen-bond acceptors (Lipinski definition) is 6. The highest BCUT2D eigenvalue weighted by molar-refractivity contribution is 7.99. The Morgan fingerprint density at radius 3 is 2.72 bits per heavy atom. The second kappa shape index (κ2) is 7.19. The summed E-state index contributed by atoms with van der Waals surface area (Å²) < 4.78 is 1.74. The number of rotatable bonds is 3. The molecule has 134 valence electrons. The maximum absolute atomic E-state index is 12.7. The highest BCUT2D eigenvalue weighted by atomic mass is 32.2. The van der Waals surface area contributed by atoms with Crippen LogP contribution in [-0.2, 0) is 7.05 Å². The summed E-state index contributed by atoms with van der Waals surface area (Å²) in [5.74, 6) is 3.06. The Labute approximate surface area is 151 Å². The van der Waals surface area contributed by atoms with E-state index in [1.807, 2.05) is 25.0 Å². The molecule has 0 aromatic carbocycles. The van der Waals surface area contributed by atoms with Gasteiger partial charge in [0.05, 0.1) is 5.39 Å². The molecule has 1 saturated carbocycles. The summed E-state index contributed by atoms with van der Waals surface area (Å²) in [6.45, 7) is 1.88. The van der Waals surface area contributed by atoms with Crippen LogP contribution in [0.4, 0.5) is 5.82 Å². The number of aryl methyl sites for hydroxylation is 1. The van der Waals surface area contributed by atoms with E-state index in [9.17, 15) is 4.79 Å². The normalized spacial score (nSPS) is 19.3. The first kappa shape index (κ1) is 16.6. The van der Waals surface area contributed by atoms with Crippen LogP contribution in [0.1, 0.15) is 42.7 Å². The molecule has 2 fully saturated rings. The maximum Gasteiger partial charge on any atom is 0.289 e. The van der Waals surface area contributed by atoms with Gasteiger partial charge >= 0.3 is 0 Å². The third kappa shape index (κ3) is 3.58. The van der Waals surface area contributed by atoms with Crippen LogP contribution in [-0.4, -0.2) is 56.3 Å². The summed E-state index contributed by atoms with van der Waals surface area (Å²) in [6, 6.07) is 0.249. The average Bonchev–Trinajstić information content (AvgIpc) is 3.02. The molecule has 0 unspecified atom stereocenters. The van der Waals surface area contributed by atoms with Gasteiger partial charge in [-0.25, -0.2) is 9.97 Å². The molecular formula is C17H24N6OS. The van der Waals surface area contributed by atoms with Crippen molar-refractivity contribution < 1.29 is 4.79 Å². The number of carbonyl (C=O) groups excluding carboxylic acids is 1. The van der Waals surface area contributed by atoms with Crippen molar-refractivity contribution >= 4 is 34.5 Å². The Morgan fingerprint density at radius 2 is 1.96 bits per heavy atom. The smallest absolute Gasteiger partial charge is 0.289 e. The summed E-state index contributed by atoms with van der Waals surface area (Å²) in [4.78, 5) is 24.0. The predicted octanol–water partition coefficient (Wildman–Crippen LogP) is 1.98. The monoisotopic (exact) mass is 360 g/mol.